The summed E-state index contributed by atoms with van der Waals surface area (Å²) in [4.78, 5) is 25.8. The third-order valence-electron chi connectivity index (χ3n) is 9.38. The van der Waals surface area contributed by atoms with Crippen molar-refractivity contribution in [3.8, 4) is 34.5 Å². The van der Waals surface area contributed by atoms with Crippen molar-refractivity contribution in [2.45, 2.75) is 56.2 Å². The maximum Gasteiger partial charge on any atom is 0.429 e. The normalized spacial score (nSPS) is 12.7. The summed E-state index contributed by atoms with van der Waals surface area (Å²) in [6.07, 6.45) is -25.2. The molecule has 0 bridgehead atoms. The van der Waals surface area contributed by atoms with Gasteiger partial charge in [-0.2, -0.15) is 52.7 Å². The molecule has 5 aromatic carbocycles. The van der Waals surface area contributed by atoms with Gasteiger partial charge in [-0.1, -0.05) is 13.8 Å². The number of hydrogen-bond acceptors (Lipinski definition) is 11. The molecular formula is C44H36F12N2O9. The Morgan fingerprint density at radius 2 is 0.970 bits per heavy atom. The highest BCUT2D eigenvalue weighted by molar-refractivity contribution is 5.92. The van der Waals surface area contributed by atoms with Crippen molar-refractivity contribution in [1.82, 2.24) is 0 Å². The Bertz CT molecular complexity index is 2480. The number of nitrogen functional groups attached to an aromatic ring is 1. The monoisotopic (exact) mass is 964 g/mol. The fraction of sp³-hybridized carbons (Fsp3) is 0.273. The first-order valence-electron chi connectivity index (χ1n) is 19.2. The lowest BCUT2D eigenvalue weighted by Gasteiger charge is -2.31. The van der Waals surface area contributed by atoms with E-state index < -0.39 is 72.2 Å². The molecule has 0 saturated carbocycles. The summed E-state index contributed by atoms with van der Waals surface area (Å²) in [6, 6.07) is 25.0. The van der Waals surface area contributed by atoms with Gasteiger partial charge in [0.05, 0.1) is 16.8 Å². The Hall–Kier alpha value is -6.88. The zero-order valence-corrected chi connectivity index (χ0v) is 34.5. The van der Waals surface area contributed by atoms with Gasteiger partial charge in [-0.05, 0) is 127 Å². The van der Waals surface area contributed by atoms with Crippen LogP contribution in [0.2, 0.25) is 0 Å². The molecule has 0 atom stereocenters. The number of nitrogens with two attached hydrogens (primary N) is 1. The first-order valence-corrected chi connectivity index (χ1v) is 19.2. The molecule has 0 aromatic heterocycles. The van der Waals surface area contributed by atoms with Gasteiger partial charge in [-0.25, -0.2) is 9.59 Å². The first-order chi connectivity index (χ1) is 31.0. The highest BCUT2D eigenvalue weighted by atomic mass is 19.4. The molecule has 5 N–H and O–H groups in total. The maximum atomic E-state index is 13.3. The predicted molar refractivity (Wildman–Crippen MR) is 213 cm³/mol. The number of alkyl halides is 12. The Balaban J connectivity index is 1.42. The lowest BCUT2D eigenvalue weighted by Crippen LogP contribution is -2.60. The topological polar surface area (TPSA) is 159 Å². The summed E-state index contributed by atoms with van der Waals surface area (Å²) in [7, 11) is 0. The van der Waals surface area contributed by atoms with Crippen LogP contribution in [0.3, 0.4) is 0 Å². The zero-order valence-electron chi connectivity index (χ0n) is 34.5. The van der Waals surface area contributed by atoms with Crippen LogP contribution in [-0.2, 0) is 15.9 Å². The van der Waals surface area contributed by atoms with E-state index in [9.17, 15) is 72.5 Å². The molecular weight excluding hydrogens is 928 g/mol. The predicted octanol–water partition coefficient (Wildman–Crippen LogP) is 11.6. The highest BCUT2D eigenvalue weighted by Gasteiger charge is 2.72. The average Bonchev–Trinajstić information content (AvgIpc) is 3.22. The number of halogens is 12. The smallest absolute Gasteiger partial charge is 0.429 e. The second-order valence-electron chi connectivity index (χ2n) is 15.0. The van der Waals surface area contributed by atoms with Gasteiger partial charge in [0.2, 0.25) is 0 Å². The lowest BCUT2D eigenvalue weighted by molar-refractivity contribution is -0.375. The molecule has 0 radical (unpaired) electrons. The van der Waals surface area contributed by atoms with Gasteiger partial charge in [0.15, 0.2) is 5.75 Å². The van der Waals surface area contributed by atoms with Gasteiger partial charge in [-0.15, -0.1) is 0 Å². The third-order valence-corrected chi connectivity index (χ3v) is 9.38. The molecule has 0 aliphatic heterocycles. The molecule has 0 aliphatic rings. The van der Waals surface area contributed by atoms with Crippen molar-refractivity contribution < 1.29 is 96.2 Å². The van der Waals surface area contributed by atoms with Gasteiger partial charge in [0, 0.05) is 11.4 Å². The van der Waals surface area contributed by atoms with Crippen LogP contribution in [0, 0.1) is 5.92 Å². The summed E-state index contributed by atoms with van der Waals surface area (Å²) in [6.45, 7) is -1.82. The average molecular weight is 965 g/mol. The molecule has 360 valence electrons. The number of benzene rings is 5. The molecule has 0 unspecified atom stereocenters. The largest absolute Gasteiger partial charge is 0.458 e. The molecule has 23 heteroatoms. The fourth-order valence-electron chi connectivity index (χ4n) is 5.71. The molecule has 0 saturated heterocycles. The number of ether oxygens (including phenoxy) is 5. The van der Waals surface area contributed by atoms with E-state index in [1.807, 2.05) is 0 Å². The molecule has 5 aromatic rings. The van der Waals surface area contributed by atoms with E-state index in [2.05, 4.69) is 14.8 Å². The van der Waals surface area contributed by atoms with Gasteiger partial charge in [0.25, 0.3) is 11.2 Å². The lowest BCUT2D eigenvalue weighted by atomic mass is 9.97. The number of hydrogen-bond donors (Lipinski definition) is 4. The van der Waals surface area contributed by atoms with Crippen LogP contribution in [0.25, 0.3) is 0 Å². The molecule has 0 spiro atoms. The van der Waals surface area contributed by atoms with Crippen LogP contribution in [0.1, 0.15) is 40.1 Å². The van der Waals surface area contributed by atoms with E-state index in [0.29, 0.717) is 28.7 Å². The van der Waals surface area contributed by atoms with Crippen molar-refractivity contribution in [1.29, 1.82) is 0 Å². The van der Waals surface area contributed by atoms with Crippen molar-refractivity contribution >= 4 is 29.0 Å². The van der Waals surface area contributed by atoms with Gasteiger partial charge in [0.1, 0.15) is 42.0 Å². The van der Waals surface area contributed by atoms with Crippen molar-refractivity contribution in [3.63, 3.8) is 0 Å². The minimum Gasteiger partial charge on any atom is -0.458 e. The van der Waals surface area contributed by atoms with Crippen molar-refractivity contribution in [3.05, 3.63) is 126 Å². The number of carbonyl (C=O) groups excluding carboxylic acids is 2. The van der Waals surface area contributed by atoms with E-state index in [1.165, 1.54) is 30.3 Å². The van der Waals surface area contributed by atoms with Crippen LogP contribution in [0.5, 0.6) is 34.5 Å². The Morgan fingerprint density at radius 3 is 1.42 bits per heavy atom. The summed E-state index contributed by atoms with van der Waals surface area (Å²) in [5.74, 6) is -2.40. The van der Waals surface area contributed by atoms with E-state index in [-0.39, 0.29) is 40.8 Å². The van der Waals surface area contributed by atoms with E-state index in [1.54, 1.807) is 62.4 Å². The van der Waals surface area contributed by atoms with Gasteiger partial charge < -0.3 is 44.9 Å². The number of anilines is 3. The Kier molecular flexibility index (Phi) is 14.9. The first kappa shape index (κ1) is 51.1. The number of aliphatic hydroxyl groups is 2. The quantitative estimate of drug-likeness (QED) is 0.0424. The summed E-state index contributed by atoms with van der Waals surface area (Å²) in [5.41, 5.74) is -5.74. The highest BCUT2D eigenvalue weighted by Crippen LogP contribution is 2.45. The minimum absolute atomic E-state index is 0.0175. The van der Waals surface area contributed by atoms with Crippen molar-refractivity contribution in [2.75, 3.05) is 24.3 Å². The number of rotatable bonds is 16. The van der Waals surface area contributed by atoms with Gasteiger partial charge in [-0.3, -0.25) is 0 Å². The SMILES string of the molecule is CC(C)Cc1cc(Oc2ccc(C(=O)OCC(O)(C(F)(F)F)C(F)(F)F)cc2Nc2ccc(Oc3ccc(Oc4ccc(N)cc4)cc3)cc2)ccc1C(=O)OCC(O)(C(F)(F)F)C(F)(F)F. The van der Waals surface area contributed by atoms with Gasteiger partial charge >= 0.3 is 36.6 Å². The Morgan fingerprint density at radius 1 is 0.552 bits per heavy atom. The molecule has 5 rings (SSSR count). The number of esters is 2. The molecule has 11 nitrogen and oxygen atoms in total. The van der Waals surface area contributed by atoms with Crippen LogP contribution in [-0.4, -0.2) is 71.3 Å². The number of nitrogens with one attached hydrogen (secondary N) is 1. The molecule has 0 aliphatic carbocycles. The van der Waals surface area contributed by atoms with Crippen LogP contribution in [0.4, 0.5) is 69.7 Å². The summed E-state index contributed by atoms with van der Waals surface area (Å²) >= 11 is 0. The minimum atomic E-state index is -6.31. The summed E-state index contributed by atoms with van der Waals surface area (Å²) < 4.78 is 185. The molecule has 0 fully saturated rings. The standard InChI is InChI=1S/C44H36F12N2O9/c1-24(2)19-26-20-33(16-17-34(26)38(60)64-23-40(62,43(51,52)53)44(54,55)56)67-36-18-3-25(37(59)63-22-39(61,41(45,46)47)42(48,49)50)21-35(36)58-28-6-10-30(11-7-28)66-32-14-12-31(13-15-32)65-29-8-4-27(57)5-9-29/h3-18,20-21,24,58,61-62H,19,22-23,57H2,1-2H3. The van der Waals surface area contributed by atoms with E-state index in [0.717, 1.165) is 30.3 Å². The second-order valence-corrected chi connectivity index (χ2v) is 15.0. The molecule has 0 amide bonds. The number of carbonyl (C=O) groups is 2. The molecule has 0 heterocycles. The van der Waals surface area contributed by atoms with Crippen LogP contribution >= 0.6 is 0 Å². The second kappa shape index (κ2) is 19.5. The molecule has 67 heavy (non-hydrogen) atoms. The third kappa shape index (κ3) is 12.3. The van der Waals surface area contributed by atoms with Crippen LogP contribution < -0.4 is 25.3 Å². The van der Waals surface area contributed by atoms with E-state index in [4.69, 9.17) is 19.9 Å². The van der Waals surface area contributed by atoms with Crippen molar-refractivity contribution in [2.24, 2.45) is 5.92 Å². The van der Waals surface area contributed by atoms with Crippen LogP contribution in [0.15, 0.2) is 109 Å². The fourth-order valence-corrected chi connectivity index (χ4v) is 5.71. The Labute approximate surface area is 371 Å². The van der Waals surface area contributed by atoms with E-state index >= 15 is 0 Å². The maximum absolute atomic E-state index is 13.3. The zero-order chi connectivity index (χ0) is 49.8. The summed E-state index contributed by atoms with van der Waals surface area (Å²) in [5, 5.41) is 21.8.